The fourth-order valence-electron chi connectivity index (χ4n) is 2.59. The van der Waals surface area contributed by atoms with Gasteiger partial charge in [-0.15, -0.1) is 0 Å². The number of benzene rings is 2. The van der Waals surface area contributed by atoms with Gasteiger partial charge in [0.25, 0.3) is 15.9 Å². The minimum Gasteiger partial charge on any atom is -0.486 e. The number of carbonyl (C=O) groups is 1. The van der Waals surface area contributed by atoms with E-state index < -0.39 is 10.0 Å². The zero-order valence-corrected chi connectivity index (χ0v) is 15.8. The maximum atomic E-state index is 12.6. The Morgan fingerprint density at radius 1 is 1.04 bits per heavy atom. The summed E-state index contributed by atoms with van der Waals surface area (Å²) >= 11 is 0. The lowest BCUT2D eigenvalue weighted by molar-refractivity contribution is 0.0953. The van der Waals surface area contributed by atoms with Crippen molar-refractivity contribution in [2.45, 2.75) is 24.7 Å². The fraction of sp³-hybridized carbons (Fsp3) is 0.316. The predicted molar refractivity (Wildman–Crippen MR) is 102 cm³/mol. The fourth-order valence-corrected chi connectivity index (χ4v) is 3.64. The lowest BCUT2D eigenvalue weighted by Gasteiger charge is -2.19. The largest absolute Gasteiger partial charge is 0.486 e. The lowest BCUT2D eigenvalue weighted by atomic mass is 10.2. The predicted octanol–water partition coefficient (Wildman–Crippen LogP) is 2.79. The summed E-state index contributed by atoms with van der Waals surface area (Å²) in [6, 6.07) is 10.7. The number of unbranched alkanes of at least 4 members (excludes halogenated alkanes) is 1. The van der Waals surface area contributed by atoms with E-state index in [0.29, 0.717) is 42.5 Å². The van der Waals surface area contributed by atoms with Gasteiger partial charge in [0.05, 0.1) is 10.6 Å². The van der Waals surface area contributed by atoms with Crippen molar-refractivity contribution in [3.05, 3.63) is 48.0 Å². The van der Waals surface area contributed by atoms with Gasteiger partial charge in [-0.2, -0.15) is 0 Å². The number of ether oxygens (including phenoxy) is 2. The maximum absolute atomic E-state index is 12.6. The Hall–Kier alpha value is -2.74. The molecule has 2 aromatic carbocycles. The highest BCUT2D eigenvalue weighted by atomic mass is 32.2. The molecule has 2 aromatic rings. The van der Waals surface area contributed by atoms with Crippen LogP contribution in [0.1, 0.15) is 30.1 Å². The number of anilines is 1. The van der Waals surface area contributed by atoms with E-state index in [9.17, 15) is 13.2 Å². The average Bonchev–Trinajstić information content (AvgIpc) is 2.68. The van der Waals surface area contributed by atoms with E-state index >= 15 is 0 Å². The van der Waals surface area contributed by atoms with Crippen LogP contribution in [-0.4, -0.2) is 34.1 Å². The van der Waals surface area contributed by atoms with Crippen LogP contribution in [0.25, 0.3) is 0 Å². The van der Waals surface area contributed by atoms with Crippen molar-refractivity contribution in [1.82, 2.24) is 5.32 Å². The molecule has 7 nitrogen and oxygen atoms in total. The Labute approximate surface area is 158 Å². The zero-order valence-electron chi connectivity index (χ0n) is 15.0. The number of fused-ring (bicyclic) bond motifs is 1. The molecule has 1 aliphatic heterocycles. The number of sulfonamides is 1. The monoisotopic (exact) mass is 390 g/mol. The molecule has 0 bridgehead atoms. The van der Waals surface area contributed by atoms with E-state index in [-0.39, 0.29) is 10.8 Å². The summed E-state index contributed by atoms with van der Waals surface area (Å²) in [5.41, 5.74) is 0.796. The molecular formula is C19H22N2O5S. The van der Waals surface area contributed by atoms with Crippen molar-refractivity contribution in [1.29, 1.82) is 0 Å². The highest BCUT2D eigenvalue weighted by Crippen LogP contribution is 2.33. The molecule has 144 valence electrons. The molecule has 2 N–H and O–H groups in total. The van der Waals surface area contributed by atoms with Gasteiger partial charge in [0.1, 0.15) is 13.2 Å². The first-order valence-electron chi connectivity index (χ1n) is 8.80. The molecule has 27 heavy (non-hydrogen) atoms. The summed E-state index contributed by atoms with van der Waals surface area (Å²) in [4.78, 5) is 12.1. The van der Waals surface area contributed by atoms with E-state index in [2.05, 4.69) is 10.0 Å². The van der Waals surface area contributed by atoms with Gasteiger partial charge in [-0.25, -0.2) is 8.42 Å². The molecule has 0 atom stereocenters. The molecule has 0 saturated carbocycles. The van der Waals surface area contributed by atoms with E-state index in [1.165, 1.54) is 24.3 Å². The molecule has 1 amide bonds. The normalized spacial score (nSPS) is 13.1. The summed E-state index contributed by atoms with van der Waals surface area (Å²) in [7, 11) is -3.78. The van der Waals surface area contributed by atoms with E-state index in [4.69, 9.17) is 9.47 Å². The number of nitrogens with one attached hydrogen (secondary N) is 2. The second-order valence-electron chi connectivity index (χ2n) is 6.10. The van der Waals surface area contributed by atoms with Gasteiger partial charge in [-0.05, 0) is 42.8 Å². The van der Waals surface area contributed by atoms with Crippen molar-refractivity contribution < 1.29 is 22.7 Å². The molecule has 0 radical (unpaired) electrons. The van der Waals surface area contributed by atoms with Gasteiger partial charge < -0.3 is 14.8 Å². The topological polar surface area (TPSA) is 93.7 Å². The highest BCUT2D eigenvalue weighted by Gasteiger charge is 2.18. The number of amides is 1. The first-order valence-corrected chi connectivity index (χ1v) is 10.3. The standard InChI is InChI=1S/C19H22N2O5S/c1-2-3-10-20-19(22)14-4-7-16(8-5-14)27(23,24)21-15-6-9-17-18(13-15)26-12-11-25-17/h4-9,13,21H,2-3,10-12H2,1H3,(H,20,22). The van der Waals surface area contributed by atoms with E-state index in [1.54, 1.807) is 18.2 Å². The van der Waals surface area contributed by atoms with Crippen LogP contribution >= 0.6 is 0 Å². The third-order valence-corrected chi connectivity index (χ3v) is 5.43. The summed E-state index contributed by atoms with van der Waals surface area (Å²) in [6.07, 6.45) is 1.89. The van der Waals surface area contributed by atoms with Crippen LogP contribution in [0.3, 0.4) is 0 Å². The summed E-state index contributed by atoms with van der Waals surface area (Å²) in [5, 5.41) is 2.80. The molecule has 0 aliphatic carbocycles. The van der Waals surface area contributed by atoms with Gasteiger partial charge in [-0.3, -0.25) is 9.52 Å². The molecule has 0 fully saturated rings. The second-order valence-corrected chi connectivity index (χ2v) is 7.78. The first-order chi connectivity index (χ1) is 13.0. The summed E-state index contributed by atoms with van der Waals surface area (Å²) in [5.74, 6) is 0.871. The average molecular weight is 390 g/mol. The third-order valence-electron chi connectivity index (χ3n) is 4.04. The number of rotatable bonds is 7. The van der Waals surface area contributed by atoms with Crippen LogP contribution in [0.5, 0.6) is 11.5 Å². The van der Waals surface area contributed by atoms with Gasteiger partial charge in [0.15, 0.2) is 11.5 Å². The van der Waals surface area contributed by atoms with Crippen LogP contribution in [0, 0.1) is 0 Å². The van der Waals surface area contributed by atoms with E-state index in [0.717, 1.165) is 12.8 Å². The van der Waals surface area contributed by atoms with Crippen molar-refractivity contribution in [3.8, 4) is 11.5 Å². The second kappa shape index (κ2) is 8.30. The van der Waals surface area contributed by atoms with Crippen molar-refractivity contribution >= 4 is 21.6 Å². The molecule has 3 rings (SSSR count). The van der Waals surface area contributed by atoms with Crippen LogP contribution in [0.2, 0.25) is 0 Å². The first kappa shape index (κ1) is 19.0. The smallest absolute Gasteiger partial charge is 0.261 e. The van der Waals surface area contributed by atoms with Gasteiger partial charge in [0.2, 0.25) is 0 Å². The van der Waals surface area contributed by atoms with Crippen molar-refractivity contribution in [3.63, 3.8) is 0 Å². The highest BCUT2D eigenvalue weighted by molar-refractivity contribution is 7.92. The Bertz CT molecular complexity index is 910. The summed E-state index contributed by atoms with van der Waals surface area (Å²) in [6.45, 7) is 3.53. The van der Waals surface area contributed by atoms with Crippen LogP contribution in [0.4, 0.5) is 5.69 Å². The SMILES string of the molecule is CCCCNC(=O)c1ccc(S(=O)(=O)Nc2ccc3c(c2)OCCO3)cc1. The molecule has 0 unspecified atom stereocenters. The Balaban J connectivity index is 1.70. The van der Waals surface area contributed by atoms with Crippen LogP contribution in [-0.2, 0) is 10.0 Å². The van der Waals surface area contributed by atoms with Gasteiger partial charge in [0, 0.05) is 18.2 Å². The van der Waals surface area contributed by atoms with Gasteiger partial charge >= 0.3 is 0 Å². The van der Waals surface area contributed by atoms with Crippen LogP contribution in [0.15, 0.2) is 47.4 Å². The minimum atomic E-state index is -3.78. The Morgan fingerprint density at radius 3 is 2.44 bits per heavy atom. The Kier molecular flexibility index (Phi) is 5.85. The molecular weight excluding hydrogens is 368 g/mol. The minimum absolute atomic E-state index is 0.0718. The zero-order chi connectivity index (χ0) is 19.3. The number of carbonyl (C=O) groups excluding carboxylic acids is 1. The lowest BCUT2D eigenvalue weighted by Crippen LogP contribution is -2.24. The maximum Gasteiger partial charge on any atom is 0.261 e. The summed E-state index contributed by atoms with van der Waals surface area (Å²) < 4.78 is 38.6. The molecule has 1 aliphatic rings. The number of hydrogen-bond acceptors (Lipinski definition) is 5. The Morgan fingerprint density at radius 2 is 1.74 bits per heavy atom. The third kappa shape index (κ3) is 4.71. The molecule has 1 heterocycles. The van der Waals surface area contributed by atoms with Crippen molar-refractivity contribution in [2.24, 2.45) is 0 Å². The van der Waals surface area contributed by atoms with Gasteiger partial charge in [-0.1, -0.05) is 13.3 Å². The van der Waals surface area contributed by atoms with E-state index in [1.807, 2.05) is 6.92 Å². The van der Waals surface area contributed by atoms with Crippen molar-refractivity contribution in [2.75, 3.05) is 24.5 Å². The molecule has 0 aromatic heterocycles. The quantitative estimate of drug-likeness (QED) is 0.709. The molecule has 0 saturated heterocycles. The molecule has 8 heteroatoms. The van der Waals surface area contributed by atoms with Crippen LogP contribution < -0.4 is 19.5 Å². The number of hydrogen-bond donors (Lipinski definition) is 2. The molecule has 0 spiro atoms.